The van der Waals surface area contributed by atoms with E-state index in [9.17, 15) is 0 Å². The molecule has 0 bridgehead atoms. The van der Waals surface area contributed by atoms with Crippen LogP contribution in [-0.2, 0) is 6.54 Å². The summed E-state index contributed by atoms with van der Waals surface area (Å²) in [6, 6.07) is 7.76. The van der Waals surface area contributed by atoms with Crippen LogP contribution in [0.3, 0.4) is 0 Å². The highest BCUT2D eigenvalue weighted by molar-refractivity contribution is 5.74. The van der Waals surface area contributed by atoms with Crippen LogP contribution >= 0.6 is 0 Å². The van der Waals surface area contributed by atoms with Crippen LogP contribution in [0.4, 0.5) is 0 Å². The Morgan fingerprint density at radius 3 is 2.33 bits per heavy atom. The Kier molecular flexibility index (Phi) is 3.87. The van der Waals surface area contributed by atoms with Crippen LogP contribution in [0, 0.1) is 0 Å². The third-order valence-corrected chi connectivity index (χ3v) is 2.84. The minimum Gasteiger partial charge on any atom is -0.496 e. The third-order valence-electron chi connectivity index (χ3n) is 2.84. The van der Waals surface area contributed by atoms with Gasteiger partial charge in [-0.05, 0) is 24.6 Å². The van der Waals surface area contributed by atoms with Crippen LogP contribution in [0.1, 0.15) is 13.3 Å². The van der Waals surface area contributed by atoms with Crippen molar-refractivity contribution in [1.29, 1.82) is 0 Å². The number of aryl methyl sites for hydroxylation is 1. The minimum absolute atomic E-state index is 0.798. The molecule has 0 spiro atoms. The molecule has 0 N–H and O–H groups in total. The Balaban J connectivity index is 2.57. The molecule has 0 saturated carbocycles. The fraction of sp³-hybridized carbons (Fsp3) is 0.357. The van der Waals surface area contributed by atoms with E-state index in [1.807, 2.05) is 28.9 Å². The van der Waals surface area contributed by atoms with Gasteiger partial charge >= 0.3 is 0 Å². The Bertz CT molecular complexity index is 498. The second-order valence-electron chi connectivity index (χ2n) is 3.98. The van der Waals surface area contributed by atoms with Gasteiger partial charge in [0.2, 0.25) is 0 Å². The Morgan fingerprint density at radius 1 is 1.11 bits per heavy atom. The number of ether oxygens (including phenoxy) is 2. The van der Waals surface area contributed by atoms with Crippen LogP contribution in [0.2, 0.25) is 0 Å². The molecule has 0 saturated heterocycles. The summed E-state index contributed by atoms with van der Waals surface area (Å²) in [4.78, 5) is 0. The zero-order valence-corrected chi connectivity index (χ0v) is 11.0. The SMILES string of the molecule is CCCn1nccc1-c1c(OC)cccc1OC. The van der Waals surface area contributed by atoms with Crippen molar-refractivity contribution in [2.75, 3.05) is 14.2 Å². The fourth-order valence-corrected chi connectivity index (χ4v) is 2.04. The highest BCUT2D eigenvalue weighted by Gasteiger charge is 2.15. The Hall–Kier alpha value is -1.97. The first-order valence-corrected chi connectivity index (χ1v) is 6.05. The summed E-state index contributed by atoms with van der Waals surface area (Å²) in [5, 5.41) is 4.34. The van der Waals surface area contributed by atoms with E-state index in [4.69, 9.17) is 9.47 Å². The van der Waals surface area contributed by atoms with Crippen LogP contribution in [0.15, 0.2) is 30.5 Å². The van der Waals surface area contributed by atoms with Gasteiger partial charge in [-0.1, -0.05) is 13.0 Å². The molecular weight excluding hydrogens is 228 g/mol. The summed E-state index contributed by atoms with van der Waals surface area (Å²) in [7, 11) is 3.33. The highest BCUT2D eigenvalue weighted by Crippen LogP contribution is 2.37. The van der Waals surface area contributed by atoms with Crippen molar-refractivity contribution in [2.24, 2.45) is 0 Å². The van der Waals surface area contributed by atoms with Crippen LogP contribution in [-0.4, -0.2) is 24.0 Å². The predicted octanol–water partition coefficient (Wildman–Crippen LogP) is 2.98. The summed E-state index contributed by atoms with van der Waals surface area (Å²) < 4.78 is 12.8. The van der Waals surface area contributed by atoms with E-state index in [0.717, 1.165) is 35.7 Å². The number of hydrogen-bond donors (Lipinski definition) is 0. The lowest BCUT2D eigenvalue weighted by Crippen LogP contribution is -2.03. The zero-order chi connectivity index (χ0) is 13.0. The van der Waals surface area contributed by atoms with E-state index in [1.165, 1.54) is 0 Å². The summed E-state index contributed by atoms with van der Waals surface area (Å²) in [5.74, 6) is 1.60. The lowest BCUT2D eigenvalue weighted by molar-refractivity contribution is 0.396. The Morgan fingerprint density at radius 2 is 1.78 bits per heavy atom. The zero-order valence-electron chi connectivity index (χ0n) is 11.0. The van der Waals surface area contributed by atoms with Crippen molar-refractivity contribution < 1.29 is 9.47 Å². The first-order chi connectivity index (χ1) is 8.81. The molecule has 0 amide bonds. The van der Waals surface area contributed by atoms with Gasteiger partial charge in [0.15, 0.2) is 0 Å². The van der Waals surface area contributed by atoms with Gasteiger partial charge in [-0.25, -0.2) is 0 Å². The summed E-state index contributed by atoms with van der Waals surface area (Å²) in [5.41, 5.74) is 1.97. The van der Waals surface area contributed by atoms with E-state index in [1.54, 1.807) is 20.4 Å². The van der Waals surface area contributed by atoms with E-state index in [2.05, 4.69) is 12.0 Å². The number of aromatic nitrogens is 2. The molecule has 18 heavy (non-hydrogen) atoms. The summed E-state index contributed by atoms with van der Waals surface area (Å²) >= 11 is 0. The standard InChI is InChI=1S/C14H18N2O2/c1-4-10-16-11(8-9-15-16)14-12(17-2)6-5-7-13(14)18-3/h5-9H,4,10H2,1-3H3. The molecule has 0 aliphatic carbocycles. The van der Waals surface area contributed by atoms with Crippen LogP contribution < -0.4 is 9.47 Å². The maximum atomic E-state index is 5.42. The van der Waals surface area contributed by atoms with Crippen molar-refractivity contribution in [3.63, 3.8) is 0 Å². The van der Waals surface area contributed by atoms with Crippen molar-refractivity contribution >= 4 is 0 Å². The summed E-state index contributed by atoms with van der Waals surface area (Å²) in [6.07, 6.45) is 2.84. The van der Waals surface area contributed by atoms with Gasteiger partial charge in [-0.2, -0.15) is 5.10 Å². The van der Waals surface area contributed by atoms with E-state index < -0.39 is 0 Å². The molecule has 2 rings (SSSR count). The Labute approximate surface area is 107 Å². The molecule has 96 valence electrons. The van der Waals surface area contributed by atoms with Crippen LogP contribution in [0.5, 0.6) is 11.5 Å². The molecule has 0 atom stereocenters. The van der Waals surface area contributed by atoms with Gasteiger partial charge in [0.05, 0.1) is 25.5 Å². The number of benzene rings is 1. The van der Waals surface area contributed by atoms with Gasteiger partial charge in [0.1, 0.15) is 11.5 Å². The van der Waals surface area contributed by atoms with Gasteiger partial charge < -0.3 is 9.47 Å². The largest absolute Gasteiger partial charge is 0.496 e. The molecule has 4 heteroatoms. The topological polar surface area (TPSA) is 36.3 Å². The van der Waals surface area contributed by atoms with Crippen molar-refractivity contribution in [1.82, 2.24) is 9.78 Å². The fourth-order valence-electron chi connectivity index (χ4n) is 2.04. The van der Waals surface area contributed by atoms with Gasteiger partial charge in [-0.15, -0.1) is 0 Å². The molecule has 0 unspecified atom stereocenters. The smallest absolute Gasteiger partial charge is 0.131 e. The normalized spacial score (nSPS) is 10.4. The molecule has 4 nitrogen and oxygen atoms in total. The maximum Gasteiger partial charge on any atom is 0.131 e. The molecule has 1 aromatic carbocycles. The van der Waals surface area contributed by atoms with Crippen molar-refractivity contribution in [2.45, 2.75) is 19.9 Å². The number of hydrogen-bond acceptors (Lipinski definition) is 3. The second-order valence-corrected chi connectivity index (χ2v) is 3.98. The molecule has 0 aliphatic rings. The molecule has 2 aromatic rings. The first kappa shape index (κ1) is 12.5. The molecular formula is C14H18N2O2. The maximum absolute atomic E-state index is 5.42. The van der Waals surface area contributed by atoms with Crippen LogP contribution in [0.25, 0.3) is 11.3 Å². The first-order valence-electron chi connectivity index (χ1n) is 6.05. The van der Waals surface area contributed by atoms with Gasteiger partial charge in [0.25, 0.3) is 0 Å². The highest BCUT2D eigenvalue weighted by atomic mass is 16.5. The number of rotatable bonds is 5. The van der Waals surface area contributed by atoms with Gasteiger partial charge in [-0.3, -0.25) is 4.68 Å². The summed E-state index contributed by atoms with van der Waals surface area (Å²) in [6.45, 7) is 3.01. The molecule has 1 aromatic heterocycles. The second kappa shape index (κ2) is 5.58. The van der Waals surface area contributed by atoms with Crippen molar-refractivity contribution in [3.8, 4) is 22.8 Å². The lowest BCUT2D eigenvalue weighted by Gasteiger charge is -2.14. The predicted molar refractivity (Wildman–Crippen MR) is 71.1 cm³/mol. The molecule has 1 heterocycles. The number of methoxy groups -OCH3 is 2. The molecule has 0 fully saturated rings. The van der Waals surface area contributed by atoms with E-state index in [-0.39, 0.29) is 0 Å². The van der Waals surface area contributed by atoms with E-state index in [0.29, 0.717) is 0 Å². The number of nitrogens with zero attached hydrogens (tertiary/aromatic N) is 2. The van der Waals surface area contributed by atoms with Gasteiger partial charge in [0, 0.05) is 12.7 Å². The monoisotopic (exact) mass is 246 g/mol. The lowest BCUT2D eigenvalue weighted by atomic mass is 10.1. The quantitative estimate of drug-likeness (QED) is 0.813. The average molecular weight is 246 g/mol. The third kappa shape index (κ3) is 2.18. The average Bonchev–Trinajstić information content (AvgIpc) is 2.86. The molecule has 0 aliphatic heterocycles. The van der Waals surface area contributed by atoms with Crippen molar-refractivity contribution in [3.05, 3.63) is 30.5 Å². The minimum atomic E-state index is 0.798. The van der Waals surface area contributed by atoms with E-state index >= 15 is 0 Å². The molecule has 0 radical (unpaired) electrons.